The van der Waals surface area contributed by atoms with E-state index < -0.39 is 54.1 Å². The van der Waals surface area contributed by atoms with Crippen LogP contribution in [-0.2, 0) is 14.3 Å². The number of carbonyl (C=O) groups excluding carboxylic acids is 2. The number of carboxylic acid groups (broad SMARTS) is 1. The third kappa shape index (κ3) is 6.17. The smallest absolute Gasteiger partial charge is 0.408 e. The van der Waals surface area contributed by atoms with Gasteiger partial charge in [0.05, 0.1) is 17.6 Å². The molecule has 0 saturated carbocycles. The van der Waals surface area contributed by atoms with Crippen LogP contribution in [0.4, 0.5) is 13.6 Å². The van der Waals surface area contributed by atoms with Crippen molar-refractivity contribution < 1.29 is 37.7 Å². The highest BCUT2D eigenvalue weighted by atomic mass is 19.3. The van der Waals surface area contributed by atoms with Crippen molar-refractivity contribution in [2.45, 2.75) is 51.3 Å². The zero-order valence-corrected chi connectivity index (χ0v) is 23.2. The van der Waals surface area contributed by atoms with Gasteiger partial charge in [-0.15, -0.1) is 0 Å². The molecule has 220 valence electrons. The lowest BCUT2D eigenvalue weighted by molar-refractivity contribution is -0.150. The number of fused-ring (bicyclic) bond motifs is 7. The number of para-hydroxylation sites is 2. The van der Waals surface area contributed by atoms with Gasteiger partial charge in [-0.05, 0) is 35.3 Å². The van der Waals surface area contributed by atoms with E-state index in [2.05, 4.69) is 10.3 Å². The van der Waals surface area contributed by atoms with Crippen molar-refractivity contribution >= 4 is 35.1 Å². The molecule has 0 unspecified atom stereocenters. The number of amides is 2. The molecule has 1 fully saturated rings. The van der Waals surface area contributed by atoms with Gasteiger partial charge in [0.15, 0.2) is 6.61 Å². The highest BCUT2D eigenvalue weighted by Gasteiger charge is 2.46. The highest BCUT2D eigenvalue weighted by Crippen LogP contribution is 2.34. The Kier molecular flexibility index (Phi) is 7.56. The lowest BCUT2D eigenvalue weighted by atomic mass is 9.85. The van der Waals surface area contributed by atoms with Gasteiger partial charge >= 0.3 is 12.1 Å². The first kappa shape index (κ1) is 28.9. The van der Waals surface area contributed by atoms with Crippen molar-refractivity contribution in [3.05, 3.63) is 60.2 Å². The van der Waals surface area contributed by atoms with E-state index in [1.54, 1.807) is 69.3 Å². The molecule has 1 saturated heterocycles. The van der Waals surface area contributed by atoms with Gasteiger partial charge in [-0.3, -0.25) is 4.79 Å². The van der Waals surface area contributed by atoms with Gasteiger partial charge in [-0.25, -0.2) is 19.6 Å². The Hall–Kier alpha value is -4.61. The lowest BCUT2D eigenvalue weighted by Gasteiger charge is -2.34. The number of alkyl carbamates (subject to hydrolysis) is 1. The molecule has 2 aliphatic heterocycles. The Balaban J connectivity index is 1.63. The molecule has 1 aromatic heterocycles. The van der Waals surface area contributed by atoms with Crippen LogP contribution in [-0.4, -0.2) is 75.2 Å². The Morgan fingerprint density at radius 3 is 2.50 bits per heavy atom. The maximum Gasteiger partial charge on any atom is 0.408 e. The number of rotatable bonds is 1. The van der Waals surface area contributed by atoms with Crippen LogP contribution in [0.3, 0.4) is 0 Å². The third-order valence-electron chi connectivity index (χ3n) is 7.10. The molecule has 3 heterocycles. The number of benzene rings is 2. The summed E-state index contributed by atoms with van der Waals surface area (Å²) in [6, 6.07) is 11.2. The zero-order valence-electron chi connectivity index (χ0n) is 23.2. The summed E-state index contributed by atoms with van der Waals surface area (Å²) < 4.78 is 40.4. The Labute approximate surface area is 240 Å². The topological polar surface area (TPSA) is 131 Å². The summed E-state index contributed by atoms with van der Waals surface area (Å²) in [7, 11) is 0. The van der Waals surface area contributed by atoms with Crippen LogP contribution in [0, 0.1) is 5.41 Å². The second-order valence-electron chi connectivity index (χ2n) is 11.4. The van der Waals surface area contributed by atoms with E-state index in [4.69, 9.17) is 14.5 Å². The molecule has 10 nitrogen and oxygen atoms in total. The molecule has 0 radical (unpaired) electrons. The Morgan fingerprint density at radius 2 is 1.81 bits per heavy atom. The van der Waals surface area contributed by atoms with Crippen LogP contribution in [0.25, 0.3) is 28.4 Å². The van der Waals surface area contributed by atoms with E-state index in [-0.39, 0.29) is 18.8 Å². The number of nitrogens with one attached hydrogen (secondary N) is 1. The summed E-state index contributed by atoms with van der Waals surface area (Å²) in [6.07, 6.45) is -0.212. The maximum absolute atomic E-state index is 14.7. The molecule has 0 spiro atoms. The van der Waals surface area contributed by atoms with E-state index in [0.717, 1.165) is 4.90 Å². The molecule has 12 heteroatoms. The third-order valence-corrected chi connectivity index (χ3v) is 7.10. The predicted molar refractivity (Wildman–Crippen MR) is 149 cm³/mol. The van der Waals surface area contributed by atoms with Crippen LogP contribution in [0.5, 0.6) is 5.88 Å². The molecule has 3 atom stereocenters. The lowest BCUT2D eigenvalue weighted by Crippen LogP contribution is -2.57. The molecule has 2 aromatic carbocycles. The summed E-state index contributed by atoms with van der Waals surface area (Å²) in [5.74, 6) is -5.37. The molecular weight excluding hydrogens is 550 g/mol. The first-order chi connectivity index (χ1) is 19.8. The average Bonchev–Trinajstić information content (AvgIpc) is 3.36. The first-order valence-corrected chi connectivity index (χ1v) is 13.4. The molecule has 2 aliphatic rings. The molecule has 42 heavy (non-hydrogen) atoms. The summed E-state index contributed by atoms with van der Waals surface area (Å²) in [5.41, 5.74) is 1.47. The van der Waals surface area contributed by atoms with Gasteiger partial charge < -0.3 is 24.8 Å². The van der Waals surface area contributed by atoms with Crippen LogP contribution in [0.15, 0.2) is 54.6 Å². The number of aromatic nitrogens is 2. The second-order valence-corrected chi connectivity index (χ2v) is 11.4. The molecule has 4 bridgehead atoms. The van der Waals surface area contributed by atoms with Gasteiger partial charge in [0.1, 0.15) is 23.9 Å². The number of ether oxygens (including phenoxy) is 2. The van der Waals surface area contributed by atoms with Gasteiger partial charge in [-0.2, -0.15) is 8.78 Å². The van der Waals surface area contributed by atoms with Gasteiger partial charge in [0.2, 0.25) is 11.8 Å². The monoisotopic (exact) mass is 580 g/mol. The van der Waals surface area contributed by atoms with Crippen molar-refractivity contribution in [3.63, 3.8) is 0 Å². The van der Waals surface area contributed by atoms with E-state index in [9.17, 15) is 28.3 Å². The highest BCUT2D eigenvalue weighted by molar-refractivity contribution is 5.90. The fourth-order valence-electron chi connectivity index (χ4n) is 4.96. The molecular formula is C30H30F2N4O6. The number of nitrogens with zero attached hydrogens (tertiary/aromatic N) is 3. The van der Waals surface area contributed by atoms with E-state index in [1.807, 2.05) is 0 Å². The van der Waals surface area contributed by atoms with Gasteiger partial charge in [0.25, 0.3) is 5.92 Å². The molecule has 2 amide bonds. The Morgan fingerprint density at radius 1 is 1.10 bits per heavy atom. The van der Waals surface area contributed by atoms with Crippen molar-refractivity contribution in [1.82, 2.24) is 20.2 Å². The van der Waals surface area contributed by atoms with E-state index >= 15 is 0 Å². The number of hydrogen-bond acceptors (Lipinski definition) is 7. The number of hydrogen-bond donors (Lipinski definition) is 2. The minimum absolute atomic E-state index is 0.0503. The van der Waals surface area contributed by atoms with Gasteiger partial charge in [0, 0.05) is 12.0 Å². The molecule has 3 aromatic rings. The molecule has 0 aliphatic carbocycles. The first-order valence-electron chi connectivity index (χ1n) is 13.4. The van der Waals surface area contributed by atoms with Crippen LogP contribution in [0.2, 0.25) is 0 Å². The normalized spacial score (nSPS) is 23.5. The summed E-state index contributed by atoms with van der Waals surface area (Å²) in [4.78, 5) is 49.0. The quantitative estimate of drug-likeness (QED) is 0.429. The number of cyclic esters (lactones) is 1. The van der Waals surface area contributed by atoms with Crippen LogP contribution in [0.1, 0.15) is 32.8 Å². The van der Waals surface area contributed by atoms with Crippen LogP contribution >= 0.6 is 0 Å². The van der Waals surface area contributed by atoms with E-state index in [1.165, 1.54) is 6.08 Å². The average molecular weight is 581 g/mol. The van der Waals surface area contributed by atoms with E-state index in [0.29, 0.717) is 33.9 Å². The maximum atomic E-state index is 14.7. The summed E-state index contributed by atoms with van der Waals surface area (Å²) >= 11 is 0. The number of carbonyl (C=O) groups is 3. The minimum atomic E-state index is -3.52. The predicted octanol–water partition coefficient (Wildman–Crippen LogP) is 4.53. The molecule has 2 N–H and O–H groups in total. The minimum Gasteiger partial charge on any atom is -0.480 e. The standard InChI is InChI=1S/C30H30F2N4O6/c1-29(2,3)24-26(37)36-15-19(14-22(36)27(38)39)42-25-23(33-20-9-4-5-10-21(20)34-25)18-8-6-7-17(13-18)11-12-30(31,32)16-41-28(40)35-24/h4-13,19,22,24H,14-16H2,1-3H3,(H,35,40)(H,38,39)/b12-11+/t19-,22+,24-/m1/s1. The molecule has 5 rings (SSSR count). The summed E-state index contributed by atoms with van der Waals surface area (Å²) in [6.45, 7) is 3.59. The largest absolute Gasteiger partial charge is 0.480 e. The SMILES string of the molecule is CC(C)(C)[C@@H]1NC(=O)OCC(F)(F)/C=C/c2cccc(c2)-c2nc3ccccc3nc2O[C@@H]2C[C@@H](C(=O)O)N(C2)C1=O. The zero-order chi connectivity index (χ0) is 30.2. The number of halogens is 2. The number of carboxylic acids is 1. The number of aliphatic carboxylic acids is 1. The second kappa shape index (κ2) is 11.0. The van der Waals surface area contributed by atoms with Crippen LogP contribution < -0.4 is 10.1 Å². The van der Waals surface area contributed by atoms with Crippen molar-refractivity contribution in [2.75, 3.05) is 13.2 Å². The fraction of sp³-hybridized carbons (Fsp3) is 0.367. The fourth-order valence-corrected chi connectivity index (χ4v) is 4.96. The van der Waals surface area contributed by atoms with Crippen molar-refractivity contribution in [3.8, 4) is 17.1 Å². The van der Waals surface area contributed by atoms with Gasteiger partial charge in [-0.1, -0.05) is 57.2 Å². The van der Waals surface area contributed by atoms with Crippen molar-refractivity contribution in [2.24, 2.45) is 5.41 Å². The summed E-state index contributed by atoms with van der Waals surface area (Å²) in [5, 5.41) is 12.4. The van der Waals surface area contributed by atoms with Crippen molar-refractivity contribution in [1.29, 1.82) is 0 Å². The Bertz CT molecular complexity index is 1570. The number of alkyl halides is 2.